The number of benzene rings is 1. The lowest BCUT2D eigenvalue weighted by Crippen LogP contribution is -2.45. The normalized spacial score (nSPS) is 13.0. The molecule has 1 amide bonds. The number of non-ortho nitro benzene ring substituents is 1. The molecule has 0 aromatic heterocycles. The third kappa shape index (κ3) is 6.37. The number of carbonyl (C=O) groups excluding carboxylic acids is 2. The first-order valence-electron chi connectivity index (χ1n) is 7.07. The number of hydrogen-bond acceptors (Lipinski definition) is 7. The average molecular weight is 395 g/mol. The van der Waals surface area contributed by atoms with Gasteiger partial charge in [0.25, 0.3) is 11.6 Å². The molecule has 11 heteroatoms. The summed E-state index contributed by atoms with van der Waals surface area (Å²) in [5, 5.41) is 22.6. The maximum atomic E-state index is 11.7. The SMILES string of the molecule is CCOC(=O)OC(c1ccc([N+](=O)[O-])cc1)C(CO)NC(=O)C(Cl)Cl. The van der Waals surface area contributed by atoms with Gasteiger partial charge in [-0.15, -0.1) is 0 Å². The number of aliphatic hydroxyl groups excluding tert-OH is 1. The summed E-state index contributed by atoms with van der Waals surface area (Å²) in [4.78, 5) is 32.0. The third-order valence-electron chi connectivity index (χ3n) is 3.01. The Kier molecular flexibility index (Phi) is 8.39. The summed E-state index contributed by atoms with van der Waals surface area (Å²) >= 11 is 10.9. The van der Waals surface area contributed by atoms with Crippen LogP contribution in [0.2, 0.25) is 0 Å². The van der Waals surface area contributed by atoms with E-state index in [0.29, 0.717) is 5.56 Å². The molecule has 25 heavy (non-hydrogen) atoms. The molecule has 1 aromatic rings. The number of aliphatic hydroxyl groups is 1. The Labute approximate surface area is 153 Å². The van der Waals surface area contributed by atoms with Crippen LogP contribution in [-0.2, 0) is 14.3 Å². The van der Waals surface area contributed by atoms with Crippen LogP contribution in [0.1, 0.15) is 18.6 Å². The van der Waals surface area contributed by atoms with Gasteiger partial charge in [0.05, 0.1) is 24.2 Å². The van der Waals surface area contributed by atoms with Gasteiger partial charge in [-0.1, -0.05) is 23.2 Å². The highest BCUT2D eigenvalue weighted by atomic mass is 35.5. The maximum absolute atomic E-state index is 11.7. The van der Waals surface area contributed by atoms with Gasteiger partial charge in [0.2, 0.25) is 0 Å². The molecule has 0 saturated carbocycles. The molecule has 2 unspecified atom stereocenters. The second kappa shape index (κ2) is 10.0. The molecule has 0 spiro atoms. The number of ether oxygens (including phenoxy) is 2. The molecule has 9 nitrogen and oxygen atoms in total. The zero-order chi connectivity index (χ0) is 19.0. The Hall–Kier alpha value is -2.10. The number of nitrogens with zero attached hydrogens (tertiary/aromatic N) is 1. The van der Waals surface area contributed by atoms with Crippen LogP contribution >= 0.6 is 23.2 Å². The van der Waals surface area contributed by atoms with Crippen LogP contribution in [0.25, 0.3) is 0 Å². The lowest BCUT2D eigenvalue weighted by Gasteiger charge is -2.26. The lowest BCUT2D eigenvalue weighted by molar-refractivity contribution is -0.384. The third-order valence-corrected chi connectivity index (χ3v) is 3.40. The molecule has 138 valence electrons. The molecular formula is C14H16Cl2N2O7. The van der Waals surface area contributed by atoms with Crippen molar-refractivity contribution in [2.24, 2.45) is 0 Å². The molecule has 0 aliphatic rings. The van der Waals surface area contributed by atoms with Crippen LogP contribution in [0.5, 0.6) is 0 Å². The number of carbonyl (C=O) groups is 2. The molecule has 2 atom stereocenters. The Morgan fingerprint density at radius 3 is 2.36 bits per heavy atom. The molecule has 0 saturated heterocycles. The van der Waals surface area contributed by atoms with Gasteiger partial charge in [-0.25, -0.2) is 4.79 Å². The smallest absolute Gasteiger partial charge is 0.435 e. The Morgan fingerprint density at radius 2 is 1.92 bits per heavy atom. The van der Waals surface area contributed by atoms with Crippen molar-refractivity contribution in [2.75, 3.05) is 13.2 Å². The number of halogens is 2. The van der Waals surface area contributed by atoms with E-state index in [0.717, 1.165) is 0 Å². The monoisotopic (exact) mass is 394 g/mol. The first kappa shape index (κ1) is 20.9. The number of hydrogen-bond donors (Lipinski definition) is 2. The lowest BCUT2D eigenvalue weighted by atomic mass is 10.0. The second-order valence-electron chi connectivity index (χ2n) is 4.67. The number of rotatable bonds is 8. The standard InChI is InChI=1S/C14H16Cl2N2O7/c1-2-24-14(21)25-11(10(7-19)17-13(20)12(15)16)8-3-5-9(6-4-8)18(22)23/h3-6,10-12,19H,2,7H2,1H3,(H,17,20). The van der Waals surface area contributed by atoms with E-state index in [-0.39, 0.29) is 12.3 Å². The maximum Gasteiger partial charge on any atom is 0.508 e. The summed E-state index contributed by atoms with van der Waals surface area (Å²) in [6.07, 6.45) is -2.22. The van der Waals surface area contributed by atoms with Gasteiger partial charge >= 0.3 is 6.16 Å². The van der Waals surface area contributed by atoms with Crippen LogP contribution in [0.3, 0.4) is 0 Å². The van der Waals surface area contributed by atoms with E-state index in [9.17, 15) is 24.8 Å². The highest BCUT2D eigenvalue weighted by Gasteiger charge is 2.30. The minimum Gasteiger partial charge on any atom is -0.435 e. The van der Waals surface area contributed by atoms with Crippen LogP contribution in [-0.4, -0.2) is 46.2 Å². The zero-order valence-electron chi connectivity index (χ0n) is 13.1. The molecule has 0 bridgehead atoms. The largest absolute Gasteiger partial charge is 0.508 e. The van der Waals surface area contributed by atoms with Gasteiger partial charge in [0.1, 0.15) is 0 Å². The van der Waals surface area contributed by atoms with Crippen LogP contribution in [0, 0.1) is 10.1 Å². The van der Waals surface area contributed by atoms with Crippen molar-refractivity contribution < 1.29 is 29.1 Å². The van der Waals surface area contributed by atoms with Crippen LogP contribution in [0.15, 0.2) is 24.3 Å². The van der Waals surface area contributed by atoms with E-state index in [2.05, 4.69) is 10.1 Å². The first-order valence-corrected chi connectivity index (χ1v) is 7.94. The van der Waals surface area contributed by atoms with Gasteiger partial charge in [0.15, 0.2) is 10.9 Å². The summed E-state index contributed by atoms with van der Waals surface area (Å²) in [5.74, 6) is -0.804. The molecule has 1 aromatic carbocycles. The Morgan fingerprint density at radius 1 is 1.32 bits per heavy atom. The van der Waals surface area contributed by atoms with E-state index in [1.54, 1.807) is 6.92 Å². The van der Waals surface area contributed by atoms with Crippen LogP contribution in [0.4, 0.5) is 10.5 Å². The van der Waals surface area contributed by atoms with E-state index in [4.69, 9.17) is 27.9 Å². The average Bonchev–Trinajstić information content (AvgIpc) is 2.57. The molecule has 0 aliphatic heterocycles. The first-order chi connectivity index (χ1) is 11.8. The fourth-order valence-electron chi connectivity index (χ4n) is 1.89. The number of nitrogens with one attached hydrogen (secondary N) is 1. The van der Waals surface area contributed by atoms with E-state index in [1.807, 2.05) is 0 Å². The highest BCUT2D eigenvalue weighted by molar-refractivity contribution is 6.53. The summed E-state index contributed by atoms with van der Waals surface area (Å²) in [5.41, 5.74) is 0.114. The quantitative estimate of drug-likeness (QED) is 0.299. The molecule has 0 heterocycles. The van der Waals surface area contributed by atoms with Crippen molar-refractivity contribution in [2.45, 2.75) is 23.9 Å². The molecule has 1 rings (SSSR count). The van der Waals surface area contributed by atoms with Crippen molar-refractivity contribution in [1.29, 1.82) is 0 Å². The zero-order valence-corrected chi connectivity index (χ0v) is 14.6. The minimum absolute atomic E-state index is 0.0490. The fourth-order valence-corrected chi connectivity index (χ4v) is 2.01. The van der Waals surface area contributed by atoms with Crippen molar-refractivity contribution in [3.63, 3.8) is 0 Å². The number of amides is 1. The predicted molar refractivity (Wildman–Crippen MR) is 88.5 cm³/mol. The van der Waals surface area contributed by atoms with Gasteiger partial charge in [-0.05, 0) is 24.6 Å². The predicted octanol–water partition coefficient (Wildman–Crippen LogP) is 2.09. The summed E-state index contributed by atoms with van der Waals surface area (Å²) in [6, 6.07) is 3.95. The van der Waals surface area contributed by atoms with E-state index >= 15 is 0 Å². The second-order valence-corrected chi connectivity index (χ2v) is 5.76. The van der Waals surface area contributed by atoms with E-state index < -0.39 is 40.6 Å². The van der Waals surface area contributed by atoms with Gasteiger partial charge in [0, 0.05) is 12.1 Å². The van der Waals surface area contributed by atoms with Gasteiger partial charge in [-0.2, -0.15) is 0 Å². The molecule has 0 radical (unpaired) electrons. The Balaban J connectivity index is 3.10. The molecule has 0 aliphatic carbocycles. The van der Waals surface area contributed by atoms with E-state index in [1.165, 1.54) is 24.3 Å². The summed E-state index contributed by atoms with van der Waals surface area (Å²) in [7, 11) is 0. The van der Waals surface area contributed by atoms with Crippen molar-refractivity contribution in [1.82, 2.24) is 5.32 Å². The van der Waals surface area contributed by atoms with Gasteiger partial charge in [-0.3, -0.25) is 14.9 Å². The van der Waals surface area contributed by atoms with Crippen LogP contribution < -0.4 is 5.32 Å². The van der Waals surface area contributed by atoms with Crippen molar-refractivity contribution in [3.05, 3.63) is 39.9 Å². The molecule has 0 fully saturated rings. The Bertz CT molecular complexity index is 610. The summed E-state index contributed by atoms with van der Waals surface area (Å²) in [6.45, 7) is 1.000. The minimum atomic E-state index is -1.39. The van der Waals surface area contributed by atoms with Crippen molar-refractivity contribution >= 4 is 41.0 Å². The number of alkyl halides is 2. The number of nitro benzene ring substituents is 1. The highest BCUT2D eigenvalue weighted by Crippen LogP contribution is 2.25. The topological polar surface area (TPSA) is 128 Å². The summed E-state index contributed by atoms with van der Waals surface area (Å²) < 4.78 is 9.81. The fraction of sp³-hybridized carbons (Fsp3) is 0.429. The molecular weight excluding hydrogens is 379 g/mol. The number of nitro groups is 1. The van der Waals surface area contributed by atoms with Crippen molar-refractivity contribution in [3.8, 4) is 0 Å². The van der Waals surface area contributed by atoms with Gasteiger partial charge < -0.3 is 19.9 Å². The molecule has 2 N–H and O–H groups in total.